The third-order valence-electron chi connectivity index (χ3n) is 11.3. The van der Waals surface area contributed by atoms with E-state index in [-0.39, 0.29) is 6.17 Å². The Hall–Kier alpha value is -6.95. The molecule has 1 aliphatic heterocycles. The molecule has 55 heavy (non-hydrogen) atoms. The summed E-state index contributed by atoms with van der Waals surface area (Å²) in [5.41, 5.74) is 12.6. The van der Waals surface area contributed by atoms with Crippen LogP contribution >= 0.6 is 11.3 Å². The Morgan fingerprint density at radius 1 is 0.473 bits per heavy atom. The molecule has 4 heterocycles. The van der Waals surface area contributed by atoms with Crippen LogP contribution in [0.2, 0.25) is 0 Å². The second-order valence-corrected chi connectivity index (χ2v) is 15.4. The van der Waals surface area contributed by atoms with Gasteiger partial charge in [0.1, 0.15) is 6.17 Å². The number of para-hydroxylation sites is 4. The molecule has 12 rings (SSSR count). The third-order valence-corrected chi connectivity index (χ3v) is 12.5. The maximum absolute atomic E-state index is 5.31. The minimum Gasteiger partial charge on any atom is -0.360 e. The first-order valence-corrected chi connectivity index (χ1v) is 19.6. The van der Waals surface area contributed by atoms with E-state index >= 15 is 0 Å². The second kappa shape index (κ2) is 11.8. The normalized spacial score (nSPS) is 14.3. The van der Waals surface area contributed by atoms with E-state index in [0.29, 0.717) is 0 Å². The maximum Gasteiger partial charge on any atom is 0.145 e. The number of fused-ring (bicyclic) bond motifs is 13. The molecule has 1 unspecified atom stereocenters. The molecule has 1 N–H and O–H groups in total. The number of nitrogens with zero attached hydrogens (tertiary/aromatic N) is 3. The molecule has 0 saturated carbocycles. The van der Waals surface area contributed by atoms with Crippen LogP contribution in [0.15, 0.2) is 187 Å². The molecule has 4 nitrogen and oxygen atoms in total. The highest BCUT2D eigenvalue weighted by atomic mass is 32.1. The minimum atomic E-state index is -0.217. The van der Waals surface area contributed by atoms with Crippen LogP contribution in [0, 0.1) is 0 Å². The van der Waals surface area contributed by atoms with Crippen LogP contribution in [0.1, 0.15) is 22.9 Å². The highest BCUT2D eigenvalue weighted by Gasteiger charge is 2.27. The van der Waals surface area contributed by atoms with Gasteiger partial charge in [0.05, 0.1) is 27.8 Å². The maximum atomic E-state index is 5.31. The van der Waals surface area contributed by atoms with Crippen molar-refractivity contribution in [1.29, 1.82) is 0 Å². The van der Waals surface area contributed by atoms with Crippen molar-refractivity contribution >= 4 is 86.5 Å². The Morgan fingerprint density at radius 3 is 1.75 bits per heavy atom. The van der Waals surface area contributed by atoms with E-state index in [1.807, 2.05) is 11.3 Å². The van der Waals surface area contributed by atoms with Gasteiger partial charge in [-0.2, -0.15) is 0 Å². The minimum absolute atomic E-state index is 0.217. The van der Waals surface area contributed by atoms with E-state index < -0.39 is 0 Å². The van der Waals surface area contributed by atoms with Gasteiger partial charge < -0.3 is 14.5 Å². The zero-order valence-corrected chi connectivity index (χ0v) is 30.5. The highest BCUT2D eigenvalue weighted by molar-refractivity contribution is 7.27. The number of aliphatic imine (C=N–C) groups is 1. The summed E-state index contributed by atoms with van der Waals surface area (Å²) in [6.07, 6.45) is -0.217. The van der Waals surface area contributed by atoms with Crippen LogP contribution in [0.25, 0.3) is 75.2 Å². The van der Waals surface area contributed by atoms with Crippen LogP contribution in [-0.4, -0.2) is 14.8 Å². The fraction of sp³-hybridized carbons (Fsp3) is 0.0200. The van der Waals surface area contributed by atoms with Crippen LogP contribution in [0.3, 0.4) is 0 Å². The van der Waals surface area contributed by atoms with Crippen molar-refractivity contribution in [3.05, 3.63) is 199 Å². The number of nitrogens with one attached hydrogen (secondary N) is 1. The number of anilines is 1. The fourth-order valence-electron chi connectivity index (χ4n) is 8.98. The van der Waals surface area contributed by atoms with Crippen LogP contribution < -0.4 is 5.32 Å². The summed E-state index contributed by atoms with van der Waals surface area (Å²) >= 11 is 1.91. The van der Waals surface area contributed by atoms with Gasteiger partial charge in [0.2, 0.25) is 0 Å². The molecular formula is C50H32N4S. The van der Waals surface area contributed by atoms with Crippen LogP contribution in [0.4, 0.5) is 5.69 Å². The fourth-order valence-corrected chi connectivity index (χ4v) is 10.2. The molecule has 0 bridgehead atoms. The smallest absolute Gasteiger partial charge is 0.145 e. The summed E-state index contributed by atoms with van der Waals surface area (Å²) in [4.78, 5) is 5.31. The summed E-state index contributed by atoms with van der Waals surface area (Å²) in [5.74, 6) is 0. The summed E-state index contributed by atoms with van der Waals surface area (Å²) < 4.78 is 7.62. The van der Waals surface area contributed by atoms with Crippen LogP contribution in [0.5, 0.6) is 0 Å². The molecule has 0 saturated heterocycles. The van der Waals surface area contributed by atoms with Gasteiger partial charge in [0.15, 0.2) is 0 Å². The Bertz CT molecular complexity index is 3330. The van der Waals surface area contributed by atoms with Crippen molar-refractivity contribution in [1.82, 2.24) is 9.13 Å². The van der Waals surface area contributed by atoms with Crippen molar-refractivity contribution in [3.63, 3.8) is 0 Å². The second-order valence-electron chi connectivity index (χ2n) is 14.3. The van der Waals surface area contributed by atoms with Crippen molar-refractivity contribution in [2.24, 2.45) is 4.99 Å². The molecule has 1 atom stereocenters. The lowest BCUT2D eigenvalue weighted by molar-refractivity contribution is 0.827. The van der Waals surface area contributed by atoms with E-state index in [1.165, 1.54) is 63.8 Å². The van der Waals surface area contributed by atoms with E-state index in [4.69, 9.17) is 4.99 Å². The zero-order chi connectivity index (χ0) is 36.0. The van der Waals surface area contributed by atoms with Crippen molar-refractivity contribution in [2.75, 3.05) is 5.32 Å². The van der Waals surface area contributed by atoms with Gasteiger partial charge in [-0.3, -0.25) is 4.99 Å². The molecule has 0 radical (unpaired) electrons. The van der Waals surface area contributed by atoms with Crippen LogP contribution in [-0.2, 0) is 0 Å². The molecular weight excluding hydrogens is 689 g/mol. The van der Waals surface area contributed by atoms with E-state index in [0.717, 1.165) is 39.5 Å². The SMILES string of the molecule is c1ccc(C2=NC(c3ccc(-n4c5ccccc5c5c6sc7ccccc7c6c6c(c7ccccc7n6-c6ccccc6)c54)cc3)Nc3ccccc32)cc1. The van der Waals surface area contributed by atoms with E-state index in [2.05, 4.69) is 196 Å². The molecule has 0 amide bonds. The summed E-state index contributed by atoms with van der Waals surface area (Å²) in [6, 6.07) is 65.6. The molecule has 3 aromatic heterocycles. The first kappa shape index (κ1) is 30.5. The van der Waals surface area contributed by atoms with Gasteiger partial charge in [-0.25, -0.2) is 0 Å². The standard InChI is InChI=1S/C50H32N4S/c1-3-15-31(16-4-1)46-35-19-7-11-23-39(35)51-50(52-46)32-27-29-34(30-28-32)54-41-25-13-9-21-37(41)44-47(54)43-36-20-8-12-24-40(36)53(33-17-5-2-6-18-33)48(43)45-38-22-10-14-26-42(38)55-49(44)45/h1-30,50-51H. The predicted octanol–water partition coefficient (Wildman–Crippen LogP) is 13.2. The lowest BCUT2D eigenvalue weighted by Crippen LogP contribution is -2.20. The first-order valence-electron chi connectivity index (χ1n) is 18.8. The number of aromatic nitrogens is 2. The lowest BCUT2D eigenvalue weighted by Gasteiger charge is -2.26. The number of hydrogen-bond acceptors (Lipinski definition) is 3. The Labute approximate surface area is 320 Å². The molecule has 8 aromatic carbocycles. The van der Waals surface area contributed by atoms with E-state index in [1.54, 1.807) is 0 Å². The number of benzene rings is 8. The summed E-state index contributed by atoms with van der Waals surface area (Å²) in [7, 11) is 0. The molecule has 1 aliphatic rings. The molecule has 0 spiro atoms. The van der Waals surface area contributed by atoms with Gasteiger partial charge in [0.25, 0.3) is 0 Å². The van der Waals surface area contributed by atoms with Gasteiger partial charge in [0, 0.05) is 69.9 Å². The van der Waals surface area contributed by atoms with Crippen molar-refractivity contribution < 1.29 is 0 Å². The van der Waals surface area contributed by atoms with Gasteiger partial charge in [-0.1, -0.05) is 133 Å². The van der Waals surface area contributed by atoms with Gasteiger partial charge in [-0.05, 0) is 54.1 Å². The zero-order valence-electron chi connectivity index (χ0n) is 29.6. The Kier molecular flexibility index (Phi) is 6.53. The lowest BCUT2D eigenvalue weighted by atomic mass is 9.97. The largest absolute Gasteiger partial charge is 0.360 e. The Balaban J connectivity index is 1.15. The summed E-state index contributed by atoms with van der Waals surface area (Å²) in [5, 5.41) is 11.4. The molecule has 11 aromatic rings. The quantitative estimate of drug-likeness (QED) is 0.193. The molecule has 258 valence electrons. The third kappa shape index (κ3) is 4.42. The number of thiophene rings is 1. The monoisotopic (exact) mass is 720 g/mol. The highest BCUT2D eigenvalue weighted by Crippen LogP contribution is 2.51. The average Bonchev–Trinajstić information content (AvgIpc) is 3.92. The molecule has 0 fully saturated rings. The van der Waals surface area contributed by atoms with Crippen molar-refractivity contribution in [2.45, 2.75) is 6.17 Å². The predicted molar refractivity (Wildman–Crippen MR) is 233 cm³/mol. The topological polar surface area (TPSA) is 34.2 Å². The number of rotatable bonds is 4. The van der Waals surface area contributed by atoms with Crippen molar-refractivity contribution in [3.8, 4) is 11.4 Å². The molecule has 5 heteroatoms. The molecule has 0 aliphatic carbocycles. The van der Waals surface area contributed by atoms with E-state index in [9.17, 15) is 0 Å². The van der Waals surface area contributed by atoms with Gasteiger partial charge >= 0.3 is 0 Å². The summed E-state index contributed by atoms with van der Waals surface area (Å²) in [6.45, 7) is 0. The first-order chi connectivity index (χ1) is 27.3. The van der Waals surface area contributed by atoms with Gasteiger partial charge in [-0.15, -0.1) is 11.3 Å². The average molecular weight is 721 g/mol. The number of hydrogen-bond donors (Lipinski definition) is 1. The Morgan fingerprint density at radius 2 is 1.02 bits per heavy atom.